The lowest BCUT2D eigenvalue weighted by Crippen LogP contribution is -2.49. The van der Waals surface area contributed by atoms with Gasteiger partial charge in [0.1, 0.15) is 6.04 Å². The van der Waals surface area contributed by atoms with Gasteiger partial charge in [0.05, 0.1) is 11.9 Å². The van der Waals surface area contributed by atoms with Gasteiger partial charge in [-0.05, 0) is 48.2 Å². The standard InChI is InChI=1S/C29H33Cl2N3O4S/c1-21-10-7-8-13-26(21)34(39(3,37)38)17-9-14-28(35)33(20-23-15-16-24(30)19-25(23)31)27(29(36)32-2)18-22-11-5-4-6-12-22/h4-8,10-13,15-16,19,27H,9,14,17-18,20H2,1-3H3,(H,32,36)/t27-/m1/s1. The van der Waals surface area contributed by atoms with E-state index in [1.165, 1.54) is 16.3 Å². The molecule has 10 heteroatoms. The Hall–Kier alpha value is -3.07. The first-order valence-electron chi connectivity index (χ1n) is 12.5. The fourth-order valence-electron chi connectivity index (χ4n) is 4.38. The molecule has 0 radical (unpaired) electrons. The highest BCUT2D eigenvalue weighted by Gasteiger charge is 2.30. The van der Waals surface area contributed by atoms with Crippen molar-refractivity contribution in [3.63, 3.8) is 0 Å². The monoisotopic (exact) mass is 589 g/mol. The second kappa shape index (κ2) is 13.8. The Balaban J connectivity index is 1.88. The summed E-state index contributed by atoms with van der Waals surface area (Å²) in [6, 6.07) is 20.9. The minimum absolute atomic E-state index is 0.0331. The molecule has 2 amide bonds. The summed E-state index contributed by atoms with van der Waals surface area (Å²) in [6.45, 7) is 2.05. The van der Waals surface area contributed by atoms with Crippen LogP contribution < -0.4 is 9.62 Å². The van der Waals surface area contributed by atoms with E-state index >= 15 is 0 Å². The summed E-state index contributed by atoms with van der Waals surface area (Å²) < 4.78 is 26.5. The molecular weight excluding hydrogens is 557 g/mol. The maximum absolute atomic E-state index is 13.7. The van der Waals surface area contributed by atoms with Crippen LogP contribution in [0.2, 0.25) is 10.0 Å². The summed E-state index contributed by atoms with van der Waals surface area (Å²) in [7, 11) is -2.04. The third-order valence-electron chi connectivity index (χ3n) is 6.41. The fourth-order valence-corrected chi connectivity index (χ4v) is 5.87. The molecule has 0 unspecified atom stereocenters. The number of carbonyl (C=O) groups excluding carboxylic acids is 2. The van der Waals surface area contributed by atoms with E-state index in [9.17, 15) is 18.0 Å². The van der Waals surface area contributed by atoms with Crippen LogP contribution >= 0.6 is 23.2 Å². The van der Waals surface area contributed by atoms with Gasteiger partial charge in [-0.1, -0.05) is 77.8 Å². The van der Waals surface area contributed by atoms with Gasteiger partial charge in [-0.15, -0.1) is 0 Å². The molecule has 0 aliphatic rings. The topological polar surface area (TPSA) is 86.8 Å². The first kappa shape index (κ1) is 30.5. The van der Waals surface area contributed by atoms with E-state index in [-0.39, 0.29) is 37.7 Å². The molecule has 0 fully saturated rings. The van der Waals surface area contributed by atoms with Gasteiger partial charge in [0.15, 0.2) is 0 Å². The predicted octanol–water partition coefficient (Wildman–Crippen LogP) is 5.23. The molecular formula is C29H33Cl2N3O4S. The average molecular weight is 591 g/mol. The number of amides is 2. The first-order chi connectivity index (χ1) is 18.5. The first-order valence-corrected chi connectivity index (χ1v) is 15.1. The predicted molar refractivity (Wildman–Crippen MR) is 158 cm³/mol. The van der Waals surface area contributed by atoms with E-state index in [2.05, 4.69) is 5.32 Å². The number of rotatable bonds is 12. The van der Waals surface area contributed by atoms with E-state index in [1.54, 1.807) is 30.3 Å². The van der Waals surface area contributed by atoms with E-state index < -0.39 is 16.1 Å². The number of likely N-dealkylation sites (N-methyl/N-ethyl adjacent to an activating group) is 1. The molecule has 0 aliphatic carbocycles. The van der Waals surface area contributed by atoms with Crippen molar-refractivity contribution in [2.75, 3.05) is 24.2 Å². The van der Waals surface area contributed by atoms with Crippen molar-refractivity contribution < 1.29 is 18.0 Å². The van der Waals surface area contributed by atoms with Gasteiger partial charge in [-0.25, -0.2) is 8.42 Å². The second-order valence-electron chi connectivity index (χ2n) is 9.30. The fraction of sp³-hybridized carbons (Fsp3) is 0.310. The largest absolute Gasteiger partial charge is 0.357 e. The Morgan fingerprint density at radius 1 is 0.974 bits per heavy atom. The quantitative estimate of drug-likeness (QED) is 0.313. The molecule has 0 spiro atoms. The second-order valence-corrected chi connectivity index (χ2v) is 12.1. The molecule has 3 aromatic rings. The average Bonchev–Trinajstić information content (AvgIpc) is 2.89. The van der Waals surface area contributed by atoms with Crippen LogP contribution in [-0.4, -0.2) is 51.0 Å². The SMILES string of the molecule is CNC(=O)[C@@H](Cc1ccccc1)N(Cc1ccc(Cl)cc1Cl)C(=O)CCCN(c1ccccc1C)S(C)(=O)=O. The maximum atomic E-state index is 13.7. The van der Waals surface area contributed by atoms with Crippen molar-refractivity contribution in [3.05, 3.63) is 99.5 Å². The lowest BCUT2D eigenvalue weighted by molar-refractivity contribution is -0.141. The minimum Gasteiger partial charge on any atom is -0.357 e. The van der Waals surface area contributed by atoms with Gasteiger partial charge in [0, 0.05) is 43.0 Å². The van der Waals surface area contributed by atoms with Crippen LogP contribution in [0, 0.1) is 6.92 Å². The summed E-state index contributed by atoms with van der Waals surface area (Å²) in [5.74, 6) is -0.598. The molecule has 3 rings (SSSR count). The zero-order chi connectivity index (χ0) is 28.6. The van der Waals surface area contributed by atoms with E-state index in [0.29, 0.717) is 27.7 Å². The minimum atomic E-state index is -3.58. The number of benzene rings is 3. The Labute approximate surface area is 240 Å². The number of halogens is 2. The molecule has 1 atom stereocenters. The smallest absolute Gasteiger partial charge is 0.242 e. The van der Waals surface area contributed by atoms with Crippen molar-refractivity contribution in [1.82, 2.24) is 10.2 Å². The highest BCUT2D eigenvalue weighted by molar-refractivity contribution is 7.92. The lowest BCUT2D eigenvalue weighted by Gasteiger charge is -2.32. The van der Waals surface area contributed by atoms with Crippen molar-refractivity contribution in [1.29, 1.82) is 0 Å². The van der Waals surface area contributed by atoms with Crippen LogP contribution in [0.25, 0.3) is 0 Å². The Morgan fingerprint density at radius 2 is 1.64 bits per heavy atom. The molecule has 0 aromatic heterocycles. The number of para-hydroxylation sites is 1. The van der Waals surface area contributed by atoms with Gasteiger partial charge in [0.25, 0.3) is 0 Å². The molecule has 0 aliphatic heterocycles. The molecule has 1 N–H and O–H groups in total. The highest BCUT2D eigenvalue weighted by atomic mass is 35.5. The Morgan fingerprint density at radius 3 is 2.26 bits per heavy atom. The molecule has 0 saturated carbocycles. The van der Waals surface area contributed by atoms with E-state index in [4.69, 9.17) is 23.2 Å². The number of hydrogen-bond acceptors (Lipinski definition) is 4. The number of anilines is 1. The van der Waals surface area contributed by atoms with Crippen LogP contribution in [0.3, 0.4) is 0 Å². The van der Waals surface area contributed by atoms with Crippen LogP contribution in [0.1, 0.15) is 29.5 Å². The summed E-state index contributed by atoms with van der Waals surface area (Å²) in [5, 5.41) is 3.53. The summed E-state index contributed by atoms with van der Waals surface area (Å²) in [6.07, 6.45) is 1.75. The zero-order valence-electron chi connectivity index (χ0n) is 22.2. The van der Waals surface area contributed by atoms with Gasteiger partial charge in [-0.3, -0.25) is 13.9 Å². The number of nitrogens with one attached hydrogen (secondary N) is 1. The molecule has 208 valence electrons. The third kappa shape index (κ3) is 8.46. The number of sulfonamides is 1. The number of nitrogens with zero attached hydrogens (tertiary/aromatic N) is 2. The summed E-state index contributed by atoms with van der Waals surface area (Å²) in [4.78, 5) is 28.3. The highest BCUT2D eigenvalue weighted by Crippen LogP contribution is 2.26. The van der Waals surface area contributed by atoms with Crippen molar-refractivity contribution in [2.24, 2.45) is 0 Å². The normalized spacial score (nSPS) is 12.0. The lowest BCUT2D eigenvalue weighted by atomic mass is 10.0. The van der Waals surface area contributed by atoms with E-state index in [0.717, 1.165) is 17.4 Å². The maximum Gasteiger partial charge on any atom is 0.242 e. The molecule has 0 heterocycles. The Bertz CT molecular complexity index is 1400. The molecule has 39 heavy (non-hydrogen) atoms. The van der Waals surface area contributed by atoms with Crippen LogP contribution in [-0.2, 0) is 32.6 Å². The number of hydrogen-bond donors (Lipinski definition) is 1. The van der Waals surface area contributed by atoms with Crippen LogP contribution in [0.15, 0.2) is 72.8 Å². The van der Waals surface area contributed by atoms with Crippen molar-refractivity contribution >= 4 is 50.7 Å². The van der Waals surface area contributed by atoms with Crippen molar-refractivity contribution in [3.8, 4) is 0 Å². The summed E-state index contributed by atoms with van der Waals surface area (Å²) >= 11 is 12.5. The molecule has 7 nitrogen and oxygen atoms in total. The number of carbonyl (C=O) groups is 2. The van der Waals surface area contributed by atoms with Gasteiger partial charge >= 0.3 is 0 Å². The molecule has 0 saturated heterocycles. The third-order valence-corrected chi connectivity index (χ3v) is 8.18. The van der Waals surface area contributed by atoms with Crippen LogP contribution in [0.5, 0.6) is 0 Å². The molecule has 0 bridgehead atoms. The van der Waals surface area contributed by atoms with Gasteiger partial charge < -0.3 is 10.2 Å². The van der Waals surface area contributed by atoms with E-state index in [1.807, 2.05) is 49.4 Å². The Kier molecular flexibility index (Phi) is 10.8. The summed E-state index contributed by atoms with van der Waals surface area (Å²) in [5.41, 5.74) is 2.93. The van der Waals surface area contributed by atoms with Crippen LogP contribution in [0.4, 0.5) is 5.69 Å². The molecule has 3 aromatic carbocycles. The zero-order valence-corrected chi connectivity index (χ0v) is 24.6. The number of aryl methyl sites for hydroxylation is 1. The van der Waals surface area contributed by atoms with Crippen molar-refractivity contribution in [2.45, 2.75) is 38.8 Å². The van der Waals surface area contributed by atoms with Gasteiger partial charge in [0.2, 0.25) is 21.8 Å². The van der Waals surface area contributed by atoms with Gasteiger partial charge in [-0.2, -0.15) is 0 Å².